The van der Waals surface area contributed by atoms with Crippen LogP contribution in [0.25, 0.3) is 68.4 Å². The van der Waals surface area contributed by atoms with Gasteiger partial charge < -0.3 is 64.5 Å². The molecule has 520 valence electrons. The van der Waals surface area contributed by atoms with Gasteiger partial charge in [0.25, 0.3) is 5.91 Å². The number of hydrogen-bond donors (Lipinski definition) is 8. The number of nitrogens with one attached hydrogen (secondary N) is 6. The number of para-hydroxylation sites is 12. The summed E-state index contributed by atoms with van der Waals surface area (Å²) in [7, 11) is 7.43. The van der Waals surface area contributed by atoms with Crippen LogP contribution in [0.5, 0.6) is 0 Å². The summed E-state index contributed by atoms with van der Waals surface area (Å²) in [5.74, 6) is 2.23. The van der Waals surface area contributed by atoms with Crippen molar-refractivity contribution in [2.24, 2.45) is 0 Å². The van der Waals surface area contributed by atoms with Gasteiger partial charge in [-0.25, -0.2) is 39.8 Å². The molecule has 0 unspecified atom stereocenters. The van der Waals surface area contributed by atoms with Crippen molar-refractivity contribution in [2.75, 3.05) is 70.4 Å². The average molecular weight is 1380 g/mol. The minimum absolute atomic E-state index is 0.378. The van der Waals surface area contributed by atoms with Crippen LogP contribution >= 0.6 is 11.6 Å². The Morgan fingerprint density at radius 3 is 1.22 bits per heavy atom. The fourth-order valence-corrected chi connectivity index (χ4v) is 10.2. The third-order valence-electron chi connectivity index (χ3n) is 15.0. The van der Waals surface area contributed by atoms with Gasteiger partial charge in [0.15, 0.2) is 0 Å². The molecule has 0 radical (unpaired) electrons. The van der Waals surface area contributed by atoms with E-state index in [4.69, 9.17) is 42.0 Å². The van der Waals surface area contributed by atoms with Gasteiger partial charge in [-0.2, -0.15) is 0 Å². The number of fused-ring (bicyclic) bond motifs is 4. The van der Waals surface area contributed by atoms with E-state index < -0.39 is 5.91 Å². The van der Waals surface area contributed by atoms with Crippen molar-refractivity contribution in [1.29, 1.82) is 0 Å². The lowest BCUT2D eigenvalue weighted by molar-refractivity contribution is -0.135. The van der Waals surface area contributed by atoms with Gasteiger partial charge >= 0.3 is 17.9 Å². The molecule has 12 rings (SSSR count). The molecule has 0 fully saturated rings. The third-order valence-corrected chi connectivity index (χ3v) is 15.3. The lowest BCUT2D eigenvalue weighted by atomic mass is 10.1. The quantitative estimate of drug-likeness (QED) is 0.00530. The molecule has 12 aromatic rings. The molecule has 9 N–H and O–H groups in total. The number of aromatic amines is 2. The highest BCUT2D eigenvalue weighted by Gasteiger charge is 2.14. The fraction of sp³-hybridized carbons (Fsp3) is 0.169. The number of anilines is 4. The first-order valence-corrected chi connectivity index (χ1v) is 32.4. The number of amides is 1. The van der Waals surface area contributed by atoms with Crippen LogP contribution in [0.1, 0.15) is 45.6 Å². The number of benzene rings is 8. The summed E-state index contributed by atoms with van der Waals surface area (Å²) in [6.07, 6.45) is 12.2. The van der Waals surface area contributed by atoms with Gasteiger partial charge in [0, 0.05) is 74.4 Å². The van der Waals surface area contributed by atoms with E-state index in [0.29, 0.717) is 51.0 Å². The maximum Gasteiger partial charge on any atom is 0.330 e. The number of rotatable bonds is 24. The summed E-state index contributed by atoms with van der Waals surface area (Å²) < 4.78 is 28.5. The summed E-state index contributed by atoms with van der Waals surface area (Å²) in [5.41, 5.74) is 22.1. The number of halogens is 1. The van der Waals surface area contributed by atoms with E-state index in [-0.39, 0.29) is 17.9 Å². The molecule has 0 bridgehead atoms. The number of nitrogen functional groups attached to an aromatic ring is 1. The number of nitrogens with zero attached hydrogens (tertiary/aromatic N) is 6. The minimum Gasteiger partial charge on any atom is -0.466 e. The summed E-state index contributed by atoms with van der Waals surface area (Å²) >= 11 is 5.60. The van der Waals surface area contributed by atoms with Crippen LogP contribution in [0.15, 0.2) is 218 Å². The molecule has 0 aliphatic carbocycles. The zero-order valence-electron chi connectivity index (χ0n) is 56.5. The molecule has 0 spiro atoms. The summed E-state index contributed by atoms with van der Waals surface area (Å²) in [4.78, 5) is 69.2. The molecule has 0 saturated carbocycles. The number of hydroxylamine groups is 1. The van der Waals surface area contributed by atoms with Gasteiger partial charge in [-0.3, -0.25) is 10.0 Å². The lowest BCUT2D eigenvalue weighted by Gasteiger charge is -2.12. The fourth-order valence-electron chi connectivity index (χ4n) is 10.0. The molecule has 8 aromatic carbocycles. The Kier molecular flexibility index (Phi) is 29.5. The van der Waals surface area contributed by atoms with Crippen molar-refractivity contribution < 1.29 is 48.1 Å². The average Bonchev–Trinajstić information content (AvgIpc) is 1.67. The molecule has 0 atom stereocenters. The van der Waals surface area contributed by atoms with Gasteiger partial charge in [0.1, 0.15) is 23.3 Å². The first-order valence-electron chi connectivity index (χ1n) is 31.9. The summed E-state index contributed by atoms with van der Waals surface area (Å²) in [6.45, 7) is 4.31. The zero-order chi connectivity index (χ0) is 71.6. The normalized spacial score (nSPS) is 11.0. The predicted molar refractivity (Wildman–Crippen MR) is 399 cm³/mol. The third kappa shape index (κ3) is 22.7. The first-order chi connectivity index (χ1) is 49.3. The van der Waals surface area contributed by atoms with E-state index in [1.54, 1.807) is 50.1 Å². The largest absolute Gasteiger partial charge is 0.466 e. The van der Waals surface area contributed by atoms with Crippen molar-refractivity contribution in [1.82, 2.24) is 44.5 Å². The van der Waals surface area contributed by atoms with Crippen molar-refractivity contribution >= 4 is 127 Å². The Bertz CT molecular complexity index is 4560. The number of ether oxygens (including phenoxy) is 5. The Morgan fingerprint density at radius 1 is 0.446 bits per heavy atom. The zero-order valence-corrected chi connectivity index (χ0v) is 57.3. The first kappa shape index (κ1) is 74.6. The van der Waals surface area contributed by atoms with E-state index in [0.717, 1.165) is 113 Å². The second-order valence-electron chi connectivity index (χ2n) is 21.7. The van der Waals surface area contributed by atoms with Crippen molar-refractivity contribution in [3.8, 4) is 0 Å². The number of nitrogens with two attached hydrogens (primary N) is 1. The number of carbonyl (C=O) groups is 4. The maximum atomic E-state index is 11.4. The number of hydrogen-bond acceptors (Lipinski definition) is 18. The number of methoxy groups -OCH3 is 5. The van der Waals surface area contributed by atoms with Gasteiger partial charge in [-0.1, -0.05) is 121 Å². The van der Waals surface area contributed by atoms with Crippen LogP contribution in [0.4, 0.5) is 22.7 Å². The summed E-state index contributed by atoms with van der Waals surface area (Å²) in [6, 6.07) is 62.3. The molecule has 1 amide bonds. The second kappa shape index (κ2) is 39.9. The van der Waals surface area contributed by atoms with E-state index >= 15 is 0 Å². The lowest BCUT2D eigenvalue weighted by Crippen LogP contribution is -2.15. The Hall–Kier alpha value is -12.2. The van der Waals surface area contributed by atoms with Crippen LogP contribution < -0.4 is 27.2 Å². The van der Waals surface area contributed by atoms with Crippen molar-refractivity contribution in [3.05, 3.63) is 264 Å². The van der Waals surface area contributed by atoms with Crippen LogP contribution in [0, 0.1) is 0 Å². The number of aromatic nitrogens is 8. The van der Waals surface area contributed by atoms with Crippen LogP contribution in [0.3, 0.4) is 0 Å². The molecular weight excluding hydrogens is 1300 g/mol. The summed E-state index contributed by atoms with van der Waals surface area (Å²) in [5, 5.41) is 18.8. The van der Waals surface area contributed by atoms with Crippen molar-refractivity contribution in [3.63, 3.8) is 0 Å². The number of imidazole rings is 4. The molecule has 0 aliphatic rings. The van der Waals surface area contributed by atoms with E-state index in [1.807, 2.05) is 182 Å². The molecule has 23 nitrogen and oxygen atoms in total. The molecule has 101 heavy (non-hydrogen) atoms. The minimum atomic E-state index is -0.578. The topological polar surface area (TPSA) is 302 Å². The molecule has 4 aromatic heterocycles. The van der Waals surface area contributed by atoms with Crippen molar-refractivity contribution in [2.45, 2.75) is 38.6 Å². The van der Waals surface area contributed by atoms with E-state index in [2.05, 4.69) is 65.3 Å². The van der Waals surface area contributed by atoms with Gasteiger partial charge in [0.2, 0.25) is 0 Å². The maximum absolute atomic E-state index is 11.4. The second-order valence-corrected chi connectivity index (χ2v) is 22.0. The van der Waals surface area contributed by atoms with Crippen LogP contribution in [-0.4, -0.2) is 117 Å². The Labute approximate surface area is 589 Å². The highest BCUT2D eigenvalue weighted by Crippen LogP contribution is 2.24. The van der Waals surface area contributed by atoms with Gasteiger partial charge in [0.05, 0.1) is 104 Å². The molecule has 0 aliphatic heterocycles. The SMILES string of the molecule is COC(=O)/C=C/c1ccccc1N.COC(=O)/C=C/c1ccccc1NCc1nc2ccccc2[nH]1.COCCn1c(CNc2ccccc2/C=C/C(=O)NO)nc2ccccc21.COCCn1c(CNc2ccccc2/C=C/C(=O)OC)nc2ccccc21.ClCc1nc2ccccc2[nH]1. The number of H-pyrrole nitrogens is 2. The Morgan fingerprint density at radius 2 is 0.802 bits per heavy atom. The molecule has 4 heterocycles. The highest BCUT2D eigenvalue weighted by atomic mass is 35.5. The molecule has 0 saturated heterocycles. The van der Waals surface area contributed by atoms with Crippen LogP contribution in [0.2, 0.25) is 0 Å². The van der Waals surface area contributed by atoms with Gasteiger partial charge in [-0.05, 0) is 119 Å². The smallest absolute Gasteiger partial charge is 0.330 e. The standard InChI is InChI=1S/C21H23N3O3.C20H22N4O3.C18H17N3O2.C10H11NO2.C8H7ClN2/c1-26-14-13-24-19-10-6-5-9-18(19)23-20(24)15-22-17-8-4-3-7-16(17)11-12-21(25)27-2;1-27-13-12-24-18-9-5-4-8-17(18)22-19(24)14-21-16-7-3-2-6-15(16)10-11-20(25)23-26;1-23-18(22)11-10-13-6-2-3-7-14(13)19-12-17-20-15-8-4-5-9-16(15)21-17;1-13-10(12)7-6-8-4-2-3-5-9(8)11;9-5-8-10-6-3-1-2-4-7(6)11-8/h3-12,22H,13-15H2,1-2H3;2-11,21,26H,12-14H2,1H3,(H,23,25);2-11,19H,12H2,1H3,(H,20,21);2-7H,11H2,1H3;1-4H,5H2,(H,10,11)/b12-11+;2*11-10+;7-6+;. The Balaban J connectivity index is 0.000000166. The van der Waals surface area contributed by atoms with Gasteiger partial charge in [-0.15, -0.1) is 11.6 Å². The highest BCUT2D eigenvalue weighted by molar-refractivity contribution is 6.16. The monoisotopic (exact) mass is 1380 g/mol. The van der Waals surface area contributed by atoms with Crippen LogP contribution in [-0.2, 0) is 81.5 Å². The molecule has 24 heteroatoms. The number of alkyl halides is 1. The number of carbonyl (C=O) groups excluding carboxylic acids is 4. The predicted octanol–water partition coefficient (Wildman–Crippen LogP) is 13.4. The number of esters is 3. The van der Waals surface area contributed by atoms with E-state index in [9.17, 15) is 19.2 Å². The van der Waals surface area contributed by atoms with E-state index in [1.165, 1.54) is 45.6 Å². The molecular formula is C77H80ClN13O10.